The van der Waals surface area contributed by atoms with Crippen molar-refractivity contribution in [2.75, 3.05) is 32.8 Å². The number of hydrogen-bond donors (Lipinski definition) is 1. The normalized spacial score (nSPS) is 18.1. The average molecular weight is 356 g/mol. The van der Waals surface area contributed by atoms with E-state index in [-0.39, 0.29) is 0 Å². The minimum atomic E-state index is 0.587. The van der Waals surface area contributed by atoms with Crippen LogP contribution in [0, 0.1) is 5.92 Å². The number of nitrogens with one attached hydrogen (secondary N) is 1. The largest absolute Gasteiger partial charge is 0.379 e. The molecule has 0 amide bonds. The number of rotatable bonds is 7. The van der Waals surface area contributed by atoms with Crippen molar-refractivity contribution in [3.8, 4) is 0 Å². The number of ether oxygens (including phenoxy) is 1. The van der Waals surface area contributed by atoms with Crippen LogP contribution in [0.15, 0.2) is 22.8 Å². The standard InChI is InChI=1S/C16H26BrN3O/c1-13(2)9-16(20-5-7-21-8-6-20)12-18-11-15-4-3-14(17)10-19-15/h3-4,10,13,16,18H,5-9,11-12H2,1-2H3. The zero-order valence-corrected chi connectivity index (χ0v) is 14.6. The maximum Gasteiger partial charge on any atom is 0.0594 e. The van der Waals surface area contributed by atoms with Gasteiger partial charge in [-0.05, 0) is 40.4 Å². The van der Waals surface area contributed by atoms with Gasteiger partial charge in [0.1, 0.15) is 0 Å². The minimum absolute atomic E-state index is 0.587. The fourth-order valence-electron chi connectivity index (χ4n) is 2.73. The van der Waals surface area contributed by atoms with Gasteiger partial charge < -0.3 is 10.1 Å². The Balaban J connectivity index is 1.81. The summed E-state index contributed by atoms with van der Waals surface area (Å²) in [5.74, 6) is 0.713. The highest BCUT2D eigenvalue weighted by Gasteiger charge is 2.21. The van der Waals surface area contributed by atoms with E-state index in [2.05, 4.69) is 51.0 Å². The molecule has 0 aromatic carbocycles. The average Bonchev–Trinajstić information content (AvgIpc) is 2.49. The van der Waals surface area contributed by atoms with E-state index in [4.69, 9.17) is 4.74 Å². The first kappa shape index (κ1) is 16.9. The molecular weight excluding hydrogens is 330 g/mol. The molecule has 0 aliphatic carbocycles. The summed E-state index contributed by atoms with van der Waals surface area (Å²) >= 11 is 3.41. The van der Waals surface area contributed by atoms with E-state index in [0.717, 1.165) is 49.6 Å². The van der Waals surface area contributed by atoms with E-state index in [0.29, 0.717) is 12.0 Å². The Hall–Kier alpha value is -0.490. The van der Waals surface area contributed by atoms with Crippen molar-refractivity contribution in [3.05, 3.63) is 28.5 Å². The second-order valence-electron chi connectivity index (χ2n) is 6.03. The van der Waals surface area contributed by atoms with Crippen LogP contribution in [0.3, 0.4) is 0 Å². The Bertz CT molecular complexity index is 404. The van der Waals surface area contributed by atoms with Crippen molar-refractivity contribution in [2.24, 2.45) is 5.92 Å². The summed E-state index contributed by atoms with van der Waals surface area (Å²) in [7, 11) is 0. The first-order chi connectivity index (χ1) is 10.1. The summed E-state index contributed by atoms with van der Waals surface area (Å²) in [4.78, 5) is 6.97. The van der Waals surface area contributed by atoms with Crippen molar-refractivity contribution in [1.29, 1.82) is 0 Å². The van der Waals surface area contributed by atoms with Gasteiger partial charge in [-0.15, -0.1) is 0 Å². The van der Waals surface area contributed by atoms with E-state index >= 15 is 0 Å². The maximum absolute atomic E-state index is 5.46. The van der Waals surface area contributed by atoms with Crippen molar-refractivity contribution in [1.82, 2.24) is 15.2 Å². The Morgan fingerprint density at radius 3 is 2.71 bits per heavy atom. The van der Waals surface area contributed by atoms with Gasteiger partial charge in [-0.2, -0.15) is 0 Å². The molecule has 1 unspecified atom stereocenters. The molecule has 5 heteroatoms. The van der Waals surface area contributed by atoms with Crippen LogP contribution < -0.4 is 5.32 Å². The smallest absolute Gasteiger partial charge is 0.0594 e. The Morgan fingerprint density at radius 1 is 1.33 bits per heavy atom. The van der Waals surface area contributed by atoms with E-state index in [1.807, 2.05) is 12.3 Å². The van der Waals surface area contributed by atoms with E-state index in [1.54, 1.807) is 0 Å². The molecule has 1 aliphatic rings. The first-order valence-electron chi connectivity index (χ1n) is 7.78. The maximum atomic E-state index is 5.46. The van der Waals surface area contributed by atoms with Gasteiger partial charge in [0.05, 0.1) is 18.9 Å². The minimum Gasteiger partial charge on any atom is -0.379 e. The Morgan fingerprint density at radius 2 is 2.10 bits per heavy atom. The lowest BCUT2D eigenvalue weighted by Gasteiger charge is -2.35. The van der Waals surface area contributed by atoms with Gasteiger partial charge in [0.25, 0.3) is 0 Å². The summed E-state index contributed by atoms with van der Waals surface area (Å²) in [6.45, 7) is 10.3. The summed E-state index contributed by atoms with van der Waals surface area (Å²) in [6.07, 6.45) is 3.07. The highest BCUT2D eigenvalue weighted by Crippen LogP contribution is 2.13. The Labute approximate surface area is 136 Å². The van der Waals surface area contributed by atoms with Gasteiger partial charge in [-0.3, -0.25) is 9.88 Å². The molecule has 4 nitrogen and oxygen atoms in total. The number of morpholine rings is 1. The molecule has 0 saturated carbocycles. The van der Waals surface area contributed by atoms with Crippen molar-refractivity contribution in [3.63, 3.8) is 0 Å². The topological polar surface area (TPSA) is 37.4 Å². The second kappa shape index (κ2) is 8.83. The van der Waals surface area contributed by atoms with Gasteiger partial charge in [0.2, 0.25) is 0 Å². The third kappa shape index (κ3) is 6.02. The quantitative estimate of drug-likeness (QED) is 0.815. The van der Waals surface area contributed by atoms with Crippen LogP contribution in [0.1, 0.15) is 26.0 Å². The third-order valence-electron chi connectivity index (χ3n) is 3.78. The summed E-state index contributed by atoms with van der Waals surface area (Å²) < 4.78 is 6.49. The molecule has 0 radical (unpaired) electrons. The zero-order valence-electron chi connectivity index (χ0n) is 13.0. The predicted octanol–water partition coefficient (Wildman–Crippen LogP) is 2.68. The van der Waals surface area contributed by atoms with Crippen molar-refractivity contribution in [2.45, 2.75) is 32.9 Å². The molecule has 1 atom stereocenters. The van der Waals surface area contributed by atoms with E-state index in [1.165, 1.54) is 6.42 Å². The first-order valence-corrected chi connectivity index (χ1v) is 8.57. The fourth-order valence-corrected chi connectivity index (χ4v) is 2.96. The number of halogens is 1. The molecule has 1 fully saturated rings. The lowest BCUT2D eigenvalue weighted by Crippen LogP contribution is -2.48. The van der Waals surface area contributed by atoms with Crippen molar-refractivity contribution >= 4 is 15.9 Å². The number of nitrogens with zero attached hydrogens (tertiary/aromatic N) is 2. The van der Waals surface area contributed by atoms with Gasteiger partial charge in [-0.25, -0.2) is 0 Å². The monoisotopic (exact) mass is 355 g/mol. The zero-order chi connectivity index (χ0) is 15.1. The van der Waals surface area contributed by atoms with Crippen LogP contribution >= 0.6 is 15.9 Å². The molecule has 0 spiro atoms. The van der Waals surface area contributed by atoms with Crippen LogP contribution in [-0.4, -0.2) is 48.8 Å². The number of hydrogen-bond acceptors (Lipinski definition) is 4. The van der Waals surface area contributed by atoms with Crippen LogP contribution in [0.25, 0.3) is 0 Å². The summed E-state index contributed by atoms with van der Waals surface area (Å²) in [5.41, 5.74) is 1.09. The molecule has 2 rings (SSSR count). The fraction of sp³-hybridized carbons (Fsp3) is 0.688. The second-order valence-corrected chi connectivity index (χ2v) is 6.95. The molecule has 1 aliphatic heterocycles. The highest BCUT2D eigenvalue weighted by molar-refractivity contribution is 9.10. The summed E-state index contributed by atoms with van der Waals surface area (Å²) in [6, 6.07) is 4.69. The Kier molecular flexibility index (Phi) is 7.10. The van der Waals surface area contributed by atoms with E-state index < -0.39 is 0 Å². The highest BCUT2D eigenvalue weighted by atomic mass is 79.9. The van der Waals surface area contributed by atoms with Gasteiger partial charge in [-0.1, -0.05) is 13.8 Å². The number of pyridine rings is 1. The molecule has 1 aromatic rings. The molecule has 1 aromatic heterocycles. The van der Waals surface area contributed by atoms with Crippen LogP contribution in [0.4, 0.5) is 0 Å². The van der Waals surface area contributed by atoms with Gasteiger partial charge in [0, 0.05) is 42.9 Å². The number of aromatic nitrogens is 1. The SMILES string of the molecule is CC(C)CC(CNCc1ccc(Br)cn1)N1CCOCC1. The molecule has 21 heavy (non-hydrogen) atoms. The third-order valence-corrected chi connectivity index (χ3v) is 4.25. The van der Waals surface area contributed by atoms with Gasteiger partial charge >= 0.3 is 0 Å². The van der Waals surface area contributed by atoms with E-state index in [9.17, 15) is 0 Å². The predicted molar refractivity (Wildman–Crippen MR) is 89.3 cm³/mol. The van der Waals surface area contributed by atoms with Crippen LogP contribution in [0.5, 0.6) is 0 Å². The molecule has 1 saturated heterocycles. The molecule has 1 N–H and O–H groups in total. The van der Waals surface area contributed by atoms with Crippen LogP contribution in [-0.2, 0) is 11.3 Å². The van der Waals surface area contributed by atoms with Crippen molar-refractivity contribution < 1.29 is 4.74 Å². The lowest BCUT2D eigenvalue weighted by molar-refractivity contribution is 0.0123. The molecule has 0 bridgehead atoms. The molecular formula is C16H26BrN3O. The molecule has 118 valence electrons. The molecule has 2 heterocycles. The van der Waals surface area contributed by atoms with Gasteiger partial charge in [0.15, 0.2) is 0 Å². The summed E-state index contributed by atoms with van der Waals surface area (Å²) in [5, 5.41) is 3.56. The lowest BCUT2D eigenvalue weighted by atomic mass is 10.0. The van der Waals surface area contributed by atoms with Crippen LogP contribution in [0.2, 0.25) is 0 Å².